The Morgan fingerprint density at radius 2 is 2.23 bits per heavy atom. The van der Waals surface area contributed by atoms with Crippen LogP contribution in [0, 0.1) is 0 Å². The van der Waals surface area contributed by atoms with Crippen molar-refractivity contribution >= 4 is 10.8 Å². The number of ether oxygens (including phenoxy) is 1. The Kier molecular flexibility index (Phi) is 3.19. The van der Waals surface area contributed by atoms with Gasteiger partial charge in [0, 0.05) is 17.9 Å². The smallest absolute Gasteiger partial charge is 0.275 e. The molecule has 112 valence electrons. The first kappa shape index (κ1) is 13.1. The van der Waals surface area contributed by atoms with Crippen molar-refractivity contribution in [2.45, 2.75) is 18.9 Å². The summed E-state index contributed by atoms with van der Waals surface area (Å²) in [6.45, 7) is 1.51. The number of rotatable bonds is 3. The number of benzene rings is 1. The molecule has 1 aromatic carbocycles. The third-order valence-electron chi connectivity index (χ3n) is 3.83. The minimum absolute atomic E-state index is 0.165. The fraction of sp³-hybridized carbons (Fsp3) is 0.333. The Bertz CT molecular complexity index is 864. The molecule has 0 N–H and O–H groups in total. The van der Waals surface area contributed by atoms with Crippen molar-refractivity contribution in [1.82, 2.24) is 19.9 Å². The molecule has 1 atom stereocenters. The number of fused-ring (bicyclic) bond motifs is 1. The molecule has 0 unspecified atom stereocenters. The molecule has 1 aliphatic heterocycles. The van der Waals surface area contributed by atoms with E-state index in [1.807, 2.05) is 18.2 Å². The highest BCUT2D eigenvalue weighted by Gasteiger charge is 2.23. The van der Waals surface area contributed by atoms with Crippen LogP contribution in [0.4, 0.5) is 0 Å². The first-order chi connectivity index (χ1) is 10.8. The topological polar surface area (TPSA) is 83.0 Å². The number of hydrogen-bond acceptors (Lipinski definition) is 6. The van der Waals surface area contributed by atoms with Gasteiger partial charge in [-0.15, -0.1) is 0 Å². The molecular weight excluding hydrogens is 284 g/mol. The summed E-state index contributed by atoms with van der Waals surface area (Å²) in [6, 6.07) is 7.35. The summed E-state index contributed by atoms with van der Waals surface area (Å²) in [5.74, 6) is 1.20. The normalized spacial score (nSPS) is 18.1. The maximum Gasteiger partial charge on any atom is 0.275 e. The van der Waals surface area contributed by atoms with Crippen LogP contribution in [-0.2, 0) is 11.3 Å². The average Bonchev–Trinajstić information content (AvgIpc) is 3.21. The highest BCUT2D eigenvalue weighted by molar-refractivity contribution is 5.80. The second-order valence-corrected chi connectivity index (χ2v) is 5.30. The van der Waals surface area contributed by atoms with Crippen molar-refractivity contribution < 1.29 is 9.26 Å². The molecule has 0 amide bonds. The van der Waals surface area contributed by atoms with E-state index in [1.54, 1.807) is 12.3 Å². The maximum atomic E-state index is 12.4. The molecule has 22 heavy (non-hydrogen) atoms. The standard InChI is InChI=1S/C15H14N4O3/c20-15-12-4-2-1-3-10(12)7-16-19(15)8-13-17-14(18-22-13)11-5-6-21-9-11/h1-4,7,11H,5-6,8-9H2/t11-/m0/s1. The molecule has 3 heterocycles. The van der Waals surface area contributed by atoms with E-state index in [0.29, 0.717) is 23.7 Å². The van der Waals surface area contributed by atoms with E-state index < -0.39 is 0 Å². The van der Waals surface area contributed by atoms with Crippen molar-refractivity contribution in [3.8, 4) is 0 Å². The van der Waals surface area contributed by atoms with Crippen LogP contribution in [0.3, 0.4) is 0 Å². The summed E-state index contributed by atoms with van der Waals surface area (Å²) in [6.07, 6.45) is 2.56. The molecule has 2 aromatic heterocycles. The molecule has 0 saturated carbocycles. The molecule has 0 aliphatic carbocycles. The first-order valence-electron chi connectivity index (χ1n) is 7.16. The van der Waals surface area contributed by atoms with Crippen LogP contribution in [-0.4, -0.2) is 33.1 Å². The molecule has 7 heteroatoms. The van der Waals surface area contributed by atoms with Crippen molar-refractivity contribution in [3.05, 3.63) is 52.5 Å². The fourth-order valence-electron chi connectivity index (χ4n) is 2.60. The third kappa shape index (κ3) is 2.29. The van der Waals surface area contributed by atoms with Crippen LogP contribution in [0.15, 0.2) is 39.8 Å². The van der Waals surface area contributed by atoms with Crippen LogP contribution in [0.5, 0.6) is 0 Å². The van der Waals surface area contributed by atoms with E-state index in [4.69, 9.17) is 9.26 Å². The van der Waals surface area contributed by atoms with Gasteiger partial charge >= 0.3 is 0 Å². The van der Waals surface area contributed by atoms with E-state index in [-0.39, 0.29) is 18.0 Å². The van der Waals surface area contributed by atoms with Gasteiger partial charge in [0.2, 0.25) is 5.89 Å². The Balaban J connectivity index is 1.63. The lowest BCUT2D eigenvalue weighted by Crippen LogP contribution is -2.23. The van der Waals surface area contributed by atoms with Gasteiger partial charge < -0.3 is 9.26 Å². The molecule has 3 aromatic rings. The monoisotopic (exact) mass is 298 g/mol. The second-order valence-electron chi connectivity index (χ2n) is 5.30. The van der Waals surface area contributed by atoms with E-state index >= 15 is 0 Å². The first-order valence-corrected chi connectivity index (χ1v) is 7.16. The zero-order valence-electron chi connectivity index (χ0n) is 11.8. The van der Waals surface area contributed by atoms with Gasteiger partial charge in [-0.25, -0.2) is 4.68 Å². The van der Waals surface area contributed by atoms with E-state index in [0.717, 1.165) is 18.4 Å². The molecule has 1 aliphatic rings. The largest absolute Gasteiger partial charge is 0.381 e. The summed E-state index contributed by atoms with van der Waals surface area (Å²) in [5, 5.41) is 9.58. The molecule has 0 spiro atoms. The zero-order valence-corrected chi connectivity index (χ0v) is 11.8. The van der Waals surface area contributed by atoms with Gasteiger partial charge in [0.15, 0.2) is 5.82 Å². The SMILES string of the molecule is O=c1c2ccccc2cnn1Cc1nc([C@H]2CCOC2)no1. The Morgan fingerprint density at radius 1 is 1.32 bits per heavy atom. The number of hydrogen-bond donors (Lipinski definition) is 0. The van der Waals surface area contributed by atoms with E-state index in [2.05, 4.69) is 15.2 Å². The zero-order chi connectivity index (χ0) is 14.9. The molecule has 1 saturated heterocycles. The fourth-order valence-corrected chi connectivity index (χ4v) is 2.60. The van der Waals surface area contributed by atoms with Gasteiger partial charge in [-0.3, -0.25) is 4.79 Å². The minimum Gasteiger partial charge on any atom is -0.381 e. The second kappa shape index (κ2) is 5.34. The van der Waals surface area contributed by atoms with Crippen LogP contribution in [0.2, 0.25) is 0 Å². The lowest BCUT2D eigenvalue weighted by atomic mass is 10.1. The highest BCUT2D eigenvalue weighted by atomic mass is 16.5. The minimum atomic E-state index is -0.165. The molecule has 0 bridgehead atoms. The van der Waals surface area contributed by atoms with E-state index in [1.165, 1.54) is 4.68 Å². The Morgan fingerprint density at radius 3 is 3.09 bits per heavy atom. The summed E-state index contributed by atoms with van der Waals surface area (Å²) in [4.78, 5) is 16.7. The van der Waals surface area contributed by atoms with Crippen LogP contribution in [0.25, 0.3) is 10.8 Å². The summed E-state index contributed by atoms with van der Waals surface area (Å²) in [5.41, 5.74) is -0.165. The summed E-state index contributed by atoms with van der Waals surface area (Å²) < 4.78 is 11.9. The van der Waals surface area contributed by atoms with Crippen LogP contribution >= 0.6 is 0 Å². The molecule has 7 nitrogen and oxygen atoms in total. The Labute approximate surface area is 125 Å². The lowest BCUT2D eigenvalue weighted by Gasteiger charge is -2.02. The number of aromatic nitrogens is 4. The molecule has 1 fully saturated rings. The molecular formula is C15H14N4O3. The number of nitrogens with zero attached hydrogens (tertiary/aromatic N) is 4. The van der Waals surface area contributed by atoms with Crippen molar-refractivity contribution in [1.29, 1.82) is 0 Å². The van der Waals surface area contributed by atoms with E-state index in [9.17, 15) is 4.79 Å². The molecule has 4 rings (SSSR count). The van der Waals surface area contributed by atoms with Crippen molar-refractivity contribution in [2.24, 2.45) is 0 Å². The van der Waals surface area contributed by atoms with Crippen molar-refractivity contribution in [3.63, 3.8) is 0 Å². The van der Waals surface area contributed by atoms with Crippen LogP contribution in [0.1, 0.15) is 24.1 Å². The van der Waals surface area contributed by atoms with Gasteiger partial charge in [-0.1, -0.05) is 23.4 Å². The predicted molar refractivity (Wildman–Crippen MR) is 77.6 cm³/mol. The quantitative estimate of drug-likeness (QED) is 0.725. The van der Waals surface area contributed by atoms with Gasteiger partial charge in [-0.05, 0) is 12.5 Å². The molecule has 0 radical (unpaired) electrons. The third-order valence-corrected chi connectivity index (χ3v) is 3.83. The predicted octanol–water partition coefficient (Wildman–Crippen LogP) is 1.33. The van der Waals surface area contributed by atoms with Crippen molar-refractivity contribution in [2.75, 3.05) is 13.2 Å². The van der Waals surface area contributed by atoms with Crippen LogP contribution < -0.4 is 5.56 Å². The summed E-state index contributed by atoms with van der Waals surface area (Å²) >= 11 is 0. The van der Waals surface area contributed by atoms with Gasteiger partial charge in [-0.2, -0.15) is 10.1 Å². The van der Waals surface area contributed by atoms with Gasteiger partial charge in [0.05, 0.1) is 18.2 Å². The Hall–Kier alpha value is -2.54. The van der Waals surface area contributed by atoms with Gasteiger partial charge in [0.1, 0.15) is 6.54 Å². The average molecular weight is 298 g/mol. The highest BCUT2D eigenvalue weighted by Crippen LogP contribution is 2.22. The summed E-state index contributed by atoms with van der Waals surface area (Å²) in [7, 11) is 0. The van der Waals surface area contributed by atoms with Gasteiger partial charge in [0.25, 0.3) is 5.56 Å². The maximum absolute atomic E-state index is 12.4. The lowest BCUT2D eigenvalue weighted by molar-refractivity contribution is 0.192.